The molecule has 0 spiro atoms. The Bertz CT molecular complexity index is 913. The van der Waals surface area contributed by atoms with E-state index in [9.17, 15) is 0 Å². The number of aromatic nitrogens is 1. The van der Waals surface area contributed by atoms with E-state index in [0.29, 0.717) is 31.2 Å². The van der Waals surface area contributed by atoms with Gasteiger partial charge in [0.15, 0.2) is 0 Å². The number of anilines is 1. The van der Waals surface area contributed by atoms with Gasteiger partial charge in [0.1, 0.15) is 29.4 Å². The molecule has 34 heavy (non-hydrogen) atoms. The van der Waals surface area contributed by atoms with Crippen LogP contribution in [0.3, 0.4) is 0 Å². The first-order valence-corrected chi connectivity index (χ1v) is 13.2. The fourth-order valence-corrected chi connectivity index (χ4v) is 5.29. The first-order chi connectivity index (χ1) is 16.6. The van der Waals surface area contributed by atoms with Crippen LogP contribution in [0.1, 0.15) is 58.8 Å². The van der Waals surface area contributed by atoms with Crippen molar-refractivity contribution in [3.8, 4) is 11.5 Å². The highest BCUT2D eigenvalue weighted by Crippen LogP contribution is 2.36. The zero-order valence-electron chi connectivity index (χ0n) is 21.6. The molecule has 1 aliphatic carbocycles. The highest BCUT2D eigenvalue weighted by molar-refractivity contribution is 5.91. The SMILES string of the molecule is COCCOc1cc(N2CCC[C@@H](N(C)C(C)C)C2)nc2c(OCC3CCCCC3)cccc12. The second-order valence-corrected chi connectivity index (χ2v) is 10.3. The van der Waals surface area contributed by atoms with Crippen LogP contribution in [0.15, 0.2) is 24.3 Å². The molecule has 6 nitrogen and oxygen atoms in total. The van der Waals surface area contributed by atoms with Crippen LogP contribution < -0.4 is 14.4 Å². The summed E-state index contributed by atoms with van der Waals surface area (Å²) in [5.74, 6) is 3.36. The summed E-state index contributed by atoms with van der Waals surface area (Å²) in [6, 6.07) is 9.38. The van der Waals surface area contributed by atoms with E-state index < -0.39 is 0 Å². The topological polar surface area (TPSA) is 47.1 Å². The maximum absolute atomic E-state index is 6.40. The van der Waals surface area contributed by atoms with Gasteiger partial charge >= 0.3 is 0 Å². The summed E-state index contributed by atoms with van der Waals surface area (Å²) in [5.41, 5.74) is 0.905. The zero-order chi connectivity index (χ0) is 23.9. The number of likely N-dealkylation sites (N-methyl/N-ethyl adjacent to an activating group) is 1. The van der Waals surface area contributed by atoms with Crippen LogP contribution in [0.5, 0.6) is 11.5 Å². The first-order valence-electron chi connectivity index (χ1n) is 13.2. The number of ether oxygens (including phenoxy) is 3. The summed E-state index contributed by atoms with van der Waals surface area (Å²) in [4.78, 5) is 10.1. The lowest BCUT2D eigenvalue weighted by atomic mass is 9.90. The lowest BCUT2D eigenvalue weighted by Crippen LogP contribution is -2.49. The Hall–Kier alpha value is -2.05. The summed E-state index contributed by atoms with van der Waals surface area (Å²) >= 11 is 0. The van der Waals surface area contributed by atoms with Gasteiger partial charge in [0.2, 0.25) is 0 Å². The van der Waals surface area contributed by atoms with Crippen molar-refractivity contribution in [2.24, 2.45) is 5.92 Å². The highest BCUT2D eigenvalue weighted by atomic mass is 16.5. The molecule has 0 bridgehead atoms. The molecular formula is C28H43N3O3. The fourth-order valence-electron chi connectivity index (χ4n) is 5.29. The van der Waals surface area contributed by atoms with E-state index in [0.717, 1.165) is 47.9 Å². The van der Waals surface area contributed by atoms with Gasteiger partial charge in [-0.2, -0.15) is 0 Å². The van der Waals surface area contributed by atoms with Crippen LogP contribution in [-0.4, -0.2) is 69.0 Å². The summed E-state index contributed by atoms with van der Waals surface area (Å²) in [5, 5.41) is 1.01. The summed E-state index contributed by atoms with van der Waals surface area (Å²) in [6.07, 6.45) is 8.95. The second kappa shape index (κ2) is 12.1. The quantitative estimate of drug-likeness (QED) is 0.427. The Balaban J connectivity index is 1.62. The maximum Gasteiger partial charge on any atom is 0.145 e. The van der Waals surface area contributed by atoms with E-state index >= 15 is 0 Å². The fraction of sp³-hybridized carbons (Fsp3) is 0.679. The molecule has 0 unspecified atom stereocenters. The third-order valence-corrected chi connectivity index (χ3v) is 7.61. The highest BCUT2D eigenvalue weighted by Gasteiger charge is 2.26. The number of piperidine rings is 1. The minimum Gasteiger partial charge on any atom is -0.491 e. The molecule has 1 aromatic heterocycles. The predicted molar refractivity (Wildman–Crippen MR) is 139 cm³/mol. The van der Waals surface area contributed by atoms with E-state index in [2.05, 4.69) is 55.0 Å². The zero-order valence-corrected chi connectivity index (χ0v) is 21.6. The Morgan fingerprint density at radius 2 is 1.85 bits per heavy atom. The van der Waals surface area contributed by atoms with E-state index in [4.69, 9.17) is 19.2 Å². The van der Waals surface area contributed by atoms with Crippen molar-refractivity contribution in [2.45, 2.75) is 70.9 Å². The third kappa shape index (κ3) is 6.14. The number of rotatable bonds is 10. The molecule has 188 valence electrons. The molecule has 1 aliphatic heterocycles. The number of hydrogen-bond donors (Lipinski definition) is 0. The molecule has 0 N–H and O–H groups in total. The molecule has 1 saturated heterocycles. The van der Waals surface area contributed by atoms with E-state index in [-0.39, 0.29) is 0 Å². The monoisotopic (exact) mass is 469 g/mol. The van der Waals surface area contributed by atoms with Crippen molar-refractivity contribution in [3.63, 3.8) is 0 Å². The summed E-state index contributed by atoms with van der Waals surface area (Å²) in [7, 11) is 3.94. The standard InChI is InChI=1S/C28H43N3O3/c1-21(2)30(3)23-12-9-15-31(19-23)27-18-26(33-17-16-32-4)24-13-8-14-25(28(24)29-27)34-20-22-10-6-5-7-11-22/h8,13-14,18,21-23H,5-7,9-12,15-17,19-20H2,1-4H3/t23-/m1/s1. The number of pyridine rings is 1. The molecule has 0 amide bonds. The summed E-state index contributed by atoms with van der Waals surface area (Å²) < 4.78 is 17.8. The van der Waals surface area contributed by atoms with Crippen molar-refractivity contribution in [1.82, 2.24) is 9.88 Å². The van der Waals surface area contributed by atoms with Gasteiger partial charge in [-0.15, -0.1) is 0 Å². The van der Waals surface area contributed by atoms with Gasteiger partial charge in [-0.05, 0) is 64.6 Å². The smallest absolute Gasteiger partial charge is 0.145 e. The van der Waals surface area contributed by atoms with Gasteiger partial charge in [-0.3, -0.25) is 4.90 Å². The Morgan fingerprint density at radius 3 is 2.62 bits per heavy atom. The van der Waals surface area contributed by atoms with Crippen LogP contribution >= 0.6 is 0 Å². The largest absolute Gasteiger partial charge is 0.491 e. The molecule has 2 heterocycles. The van der Waals surface area contributed by atoms with Gasteiger partial charge in [0, 0.05) is 43.7 Å². The Labute approximate surface area is 205 Å². The minimum absolute atomic E-state index is 0.515. The van der Waals surface area contributed by atoms with Gasteiger partial charge in [0.05, 0.1) is 13.2 Å². The third-order valence-electron chi connectivity index (χ3n) is 7.61. The molecule has 2 aromatic rings. The van der Waals surface area contributed by atoms with Crippen LogP contribution in [0.25, 0.3) is 10.9 Å². The molecule has 0 radical (unpaired) electrons. The van der Waals surface area contributed by atoms with Crippen LogP contribution in [0.2, 0.25) is 0 Å². The lowest BCUT2D eigenvalue weighted by Gasteiger charge is -2.40. The van der Waals surface area contributed by atoms with Gasteiger partial charge in [-0.25, -0.2) is 4.98 Å². The minimum atomic E-state index is 0.515. The number of nitrogens with zero attached hydrogens (tertiary/aromatic N) is 3. The predicted octanol–water partition coefficient (Wildman–Crippen LogP) is 5.53. The van der Waals surface area contributed by atoms with Crippen LogP contribution in [0.4, 0.5) is 5.82 Å². The number of benzene rings is 1. The molecule has 6 heteroatoms. The average molecular weight is 470 g/mol. The number of hydrogen-bond acceptors (Lipinski definition) is 6. The average Bonchev–Trinajstić information content (AvgIpc) is 2.87. The molecule has 1 saturated carbocycles. The molecule has 2 fully saturated rings. The van der Waals surface area contributed by atoms with Crippen molar-refractivity contribution in [1.29, 1.82) is 0 Å². The lowest BCUT2D eigenvalue weighted by molar-refractivity contribution is 0.147. The summed E-state index contributed by atoms with van der Waals surface area (Å²) in [6.45, 7) is 8.38. The first kappa shape index (κ1) is 25.1. The Kier molecular flexibility index (Phi) is 8.90. The number of fused-ring (bicyclic) bond motifs is 1. The maximum atomic E-state index is 6.40. The molecule has 2 aliphatic rings. The molecule has 4 rings (SSSR count). The van der Waals surface area contributed by atoms with Gasteiger partial charge in [-0.1, -0.05) is 25.3 Å². The van der Waals surface area contributed by atoms with Gasteiger partial charge in [0.25, 0.3) is 0 Å². The van der Waals surface area contributed by atoms with E-state index in [1.54, 1.807) is 7.11 Å². The molecule has 1 aromatic carbocycles. The van der Waals surface area contributed by atoms with Crippen molar-refractivity contribution in [3.05, 3.63) is 24.3 Å². The molecular weight excluding hydrogens is 426 g/mol. The Morgan fingerprint density at radius 1 is 1.03 bits per heavy atom. The van der Waals surface area contributed by atoms with Crippen molar-refractivity contribution < 1.29 is 14.2 Å². The van der Waals surface area contributed by atoms with Crippen LogP contribution in [0, 0.1) is 5.92 Å². The van der Waals surface area contributed by atoms with E-state index in [1.165, 1.54) is 44.9 Å². The normalized spacial score (nSPS) is 19.8. The number of methoxy groups -OCH3 is 1. The molecule has 1 atom stereocenters. The second-order valence-electron chi connectivity index (χ2n) is 10.3. The van der Waals surface area contributed by atoms with Gasteiger partial charge < -0.3 is 19.1 Å². The van der Waals surface area contributed by atoms with Crippen molar-refractivity contribution >= 4 is 16.7 Å². The number of para-hydroxylation sites is 1. The van der Waals surface area contributed by atoms with Crippen LogP contribution in [-0.2, 0) is 4.74 Å². The van der Waals surface area contributed by atoms with E-state index in [1.807, 2.05) is 0 Å². The van der Waals surface area contributed by atoms with Crippen molar-refractivity contribution in [2.75, 3.05) is 52.0 Å².